The van der Waals surface area contributed by atoms with Crippen LogP contribution in [0.3, 0.4) is 0 Å². The minimum atomic E-state index is 0. The summed E-state index contributed by atoms with van der Waals surface area (Å²) in [5.74, 6) is 0.547. The van der Waals surface area contributed by atoms with E-state index in [-0.39, 0.29) is 24.0 Å². The summed E-state index contributed by atoms with van der Waals surface area (Å²) in [5.41, 5.74) is 11.3. The van der Waals surface area contributed by atoms with Crippen molar-refractivity contribution in [2.75, 3.05) is 11.4 Å². The number of aryl methyl sites for hydroxylation is 3. The molecular weight excluding hydrogens is 611 g/mol. The molecule has 4 heteroatoms. The van der Waals surface area contributed by atoms with Crippen LogP contribution in [0.4, 0.5) is 5.69 Å². The molecule has 1 aliphatic heterocycles. The Morgan fingerprint density at radius 1 is 0.974 bits per heavy atom. The summed E-state index contributed by atoms with van der Waals surface area (Å²) in [4.78, 5) is 2.30. The summed E-state index contributed by atoms with van der Waals surface area (Å²) in [6.45, 7) is 12.9. The lowest BCUT2D eigenvalue weighted by Crippen LogP contribution is -3.00. The van der Waals surface area contributed by atoms with Crippen LogP contribution in [0.5, 0.6) is 0 Å². The molecule has 0 saturated heterocycles. The zero-order valence-corrected chi connectivity index (χ0v) is 26.6. The third-order valence-electron chi connectivity index (χ3n) is 7.72. The lowest BCUT2D eigenvalue weighted by atomic mass is 9.85. The molecule has 3 aromatic rings. The molecule has 39 heavy (non-hydrogen) atoms. The first-order valence-electron chi connectivity index (χ1n) is 13.8. The number of hydrogen-bond acceptors (Lipinski definition) is 1. The molecule has 0 fully saturated rings. The normalized spacial score (nSPS) is 19.3. The quantitative estimate of drug-likeness (QED) is 0.241. The van der Waals surface area contributed by atoms with Crippen molar-refractivity contribution in [2.24, 2.45) is 5.92 Å². The van der Waals surface area contributed by atoms with Gasteiger partial charge in [0, 0.05) is 41.2 Å². The van der Waals surface area contributed by atoms with Gasteiger partial charge in [-0.25, -0.2) is 0 Å². The van der Waals surface area contributed by atoms with Gasteiger partial charge in [-0.05, 0) is 93.0 Å². The van der Waals surface area contributed by atoms with Crippen LogP contribution in [0.15, 0.2) is 95.3 Å². The molecule has 2 heterocycles. The van der Waals surface area contributed by atoms with Crippen molar-refractivity contribution in [3.8, 4) is 0 Å². The highest BCUT2D eigenvalue weighted by Gasteiger charge is 2.20. The molecular formula is C35H38ClIN2. The molecule has 1 aromatic heterocycles. The first-order chi connectivity index (χ1) is 18.4. The lowest BCUT2D eigenvalue weighted by molar-refractivity contribution is -0.667. The fraction of sp³-hybridized carbons (Fsp3) is 0.286. The first kappa shape index (κ1) is 29.4. The topological polar surface area (TPSA) is 7.12 Å². The Morgan fingerprint density at radius 2 is 1.74 bits per heavy atom. The van der Waals surface area contributed by atoms with Gasteiger partial charge in [0.15, 0.2) is 6.20 Å². The summed E-state index contributed by atoms with van der Waals surface area (Å²) in [7, 11) is 0. The maximum absolute atomic E-state index is 7.06. The van der Waals surface area contributed by atoms with E-state index in [9.17, 15) is 0 Å². The SMILES string of the molecule is CCN1C=C/C(=C\C=C2/CC(C)CC(/C=C/c3cc[n+](CC)c4ccc(C)cc34)=C2Cl)c2cc(C)ccc21.[I-]. The molecule has 202 valence electrons. The fourth-order valence-corrected chi connectivity index (χ4v) is 5.94. The van der Waals surface area contributed by atoms with Gasteiger partial charge in [0.05, 0.1) is 5.39 Å². The molecule has 0 amide bonds. The van der Waals surface area contributed by atoms with Crippen molar-refractivity contribution in [1.82, 2.24) is 0 Å². The lowest BCUT2D eigenvalue weighted by Gasteiger charge is -2.27. The monoisotopic (exact) mass is 648 g/mol. The highest BCUT2D eigenvalue weighted by Crippen LogP contribution is 2.38. The number of hydrogen-bond donors (Lipinski definition) is 0. The second kappa shape index (κ2) is 12.7. The number of nitrogens with zero attached hydrogens (tertiary/aromatic N) is 2. The van der Waals surface area contributed by atoms with Gasteiger partial charge in [0.1, 0.15) is 6.54 Å². The van der Waals surface area contributed by atoms with Crippen LogP contribution in [0.1, 0.15) is 55.9 Å². The van der Waals surface area contributed by atoms with E-state index < -0.39 is 0 Å². The molecule has 1 unspecified atom stereocenters. The Balaban J connectivity index is 0.00000353. The maximum Gasteiger partial charge on any atom is 0.213 e. The van der Waals surface area contributed by atoms with Crippen molar-refractivity contribution >= 4 is 39.8 Å². The highest BCUT2D eigenvalue weighted by molar-refractivity contribution is 6.32. The second-order valence-electron chi connectivity index (χ2n) is 10.7. The Labute approximate surface area is 256 Å². The van der Waals surface area contributed by atoms with Crippen LogP contribution >= 0.6 is 11.6 Å². The van der Waals surface area contributed by atoms with Gasteiger partial charge in [0.25, 0.3) is 0 Å². The second-order valence-corrected chi connectivity index (χ2v) is 11.1. The summed E-state index contributed by atoms with van der Waals surface area (Å²) >= 11 is 7.06. The number of halogens is 2. The number of aromatic nitrogens is 1. The standard InChI is InChI=1S/C35H38ClN2.HI/c1-6-37-18-16-27(31-22-24(3)8-14-33(31)37)10-12-29-20-26(5)21-30(35(29)36)13-11-28-17-19-38(7-2)34-15-9-25(4)23-32(28)34;/h8-19,22-23,26H,6-7,20-21H2,1-5H3;1H/q+1;/p-1. The van der Waals surface area contributed by atoms with E-state index in [4.69, 9.17) is 11.6 Å². The van der Waals surface area contributed by atoms with Gasteiger partial charge in [-0.3, -0.25) is 0 Å². The number of pyridine rings is 1. The van der Waals surface area contributed by atoms with E-state index in [0.29, 0.717) is 5.92 Å². The summed E-state index contributed by atoms with van der Waals surface area (Å²) in [5, 5.41) is 2.18. The van der Waals surface area contributed by atoms with Crippen molar-refractivity contribution in [1.29, 1.82) is 0 Å². The first-order valence-corrected chi connectivity index (χ1v) is 14.2. The average molecular weight is 649 g/mol. The molecule has 2 nitrogen and oxygen atoms in total. The third-order valence-corrected chi connectivity index (χ3v) is 8.21. The molecule has 2 aliphatic rings. The van der Waals surface area contributed by atoms with Crippen LogP contribution in [-0.2, 0) is 6.54 Å². The maximum atomic E-state index is 7.06. The zero-order valence-electron chi connectivity index (χ0n) is 23.6. The Hall–Kier alpha value is -2.63. The molecule has 0 saturated carbocycles. The van der Waals surface area contributed by atoms with E-state index >= 15 is 0 Å². The summed E-state index contributed by atoms with van der Waals surface area (Å²) < 4.78 is 2.30. The smallest absolute Gasteiger partial charge is 0.213 e. The third kappa shape index (κ3) is 6.25. The van der Waals surface area contributed by atoms with Crippen LogP contribution < -0.4 is 33.4 Å². The van der Waals surface area contributed by atoms with E-state index in [2.05, 4.69) is 129 Å². The Kier molecular flexibility index (Phi) is 9.56. The van der Waals surface area contributed by atoms with E-state index in [1.807, 2.05) is 0 Å². The fourth-order valence-electron chi connectivity index (χ4n) is 5.66. The van der Waals surface area contributed by atoms with Crippen molar-refractivity contribution < 1.29 is 28.5 Å². The van der Waals surface area contributed by atoms with Crippen LogP contribution in [-0.4, -0.2) is 6.54 Å². The van der Waals surface area contributed by atoms with Gasteiger partial charge in [0.2, 0.25) is 5.52 Å². The number of anilines is 1. The van der Waals surface area contributed by atoms with Gasteiger partial charge < -0.3 is 28.9 Å². The molecule has 5 rings (SSSR count). The zero-order chi connectivity index (χ0) is 26.8. The van der Waals surface area contributed by atoms with Gasteiger partial charge in [-0.2, -0.15) is 4.57 Å². The largest absolute Gasteiger partial charge is 1.00 e. The Bertz CT molecular complexity index is 1540. The van der Waals surface area contributed by atoms with E-state index in [1.54, 1.807) is 0 Å². The number of rotatable bonds is 5. The number of allylic oxidation sites excluding steroid dienone is 8. The van der Waals surface area contributed by atoms with Crippen molar-refractivity contribution in [3.63, 3.8) is 0 Å². The Morgan fingerprint density at radius 3 is 2.51 bits per heavy atom. The molecule has 0 bridgehead atoms. The molecule has 0 radical (unpaired) electrons. The van der Waals surface area contributed by atoms with E-state index in [0.717, 1.165) is 31.0 Å². The molecule has 0 N–H and O–H groups in total. The minimum absolute atomic E-state index is 0. The minimum Gasteiger partial charge on any atom is -1.00 e. The van der Waals surface area contributed by atoms with Crippen LogP contribution in [0.2, 0.25) is 0 Å². The molecule has 2 aromatic carbocycles. The average Bonchev–Trinajstić information content (AvgIpc) is 2.91. The van der Waals surface area contributed by atoms with Gasteiger partial charge in [-0.15, -0.1) is 0 Å². The van der Waals surface area contributed by atoms with Crippen LogP contribution in [0.25, 0.3) is 22.6 Å². The predicted octanol–water partition coefficient (Wildman–Crippen LogP) is 6.07. The van der Waals surface area contributed by atoms with Gasteiger partial charge >= 0.3 is 0 Å². The van der Waals surface area contributed by atoms with Crippen LogP contribution in [0, 0.1) is 19.8 Å². The highest BCUT2D eigenvalue weighted by atomic mass is 127. The van der Waals surface area contributed by atoms with Gasteiger partial charge in [-0.1, -0.05) is 66.1 Å². The summed E-state index contributed by atoms with van der Waals surface area (Å²) in [6, 6.07) is 15.6. The molecule has 1 aliphatic carbocycles. The van der Waals surface area contributed by atoms with E-state index in [1.165, 1.54) is 55.6 Å². The van der Waals surface area contributed by atoms with Crippen molar-refractivity contribution in [2.45, 2.75) is 54.0 Å². The predicted molar refractivity (Wildman–Crippen MR) is 164 cm³/mol. The summed E-state index contributed by atoms with van der Waals surface area (Å²) in [6.07, 6.45) is 17.6. The number of fused-ring (bicyclic) bond motifs is 2. The van der Waals surface area contributed by atoms with Crippen molar-refractivity contribution in [3.05, 3.63) is 118 Å². The molecule has 0 spiro atoms. The molecule has 1 atom stereocenters. The number of benzene rings is 2.